The lowest BCUT2D eigenvalue weighted by molar-refractivity contribution is 0.670. The summed E-state index contributed by atoms with van der Waals surface area (Å²) in [5, 5.41) is 5.78. The molecule has 0 spiro atoms. The number of pyridine rings is 1. The topological polar surface area (TPSA) is 51.8 Å². The molecular formula is C49H29N3OS. The number of fused-ring (bicyclic) bond motifs is 8. The van der Waals surface area contributed by atoms with Gasteiger partial charge in [0.15, 0.2) is 5.82 Å². The van der Waals surface area contributed by atoms with E-state index >= 15 is 0 Å². The number of nitrogens with zero attached hydrogens (tertiary/aromatic N) is 3. The van der Waals surface area contributed by atoms with Crippen molar-refractivity contribution in [3.63, 3.8) is 0 Å². The quantitative estimate of drug-likeness (QED) is 0.179. The molecule has 252 valence electrons. The summed E-state index contributed by atoms with van der Waals surface area (Å²) in [5.74, 6) is 0.684. The average molecular weight is 708 g/mol. The number of aromatic nitrogens is 3. The lowest BCUT2D eigenvalue weighted by Gasteiger charge is -2.11. The van der Waals surface area contributed by atoms with Crippen molar-refractivity contribution in [1.82, 2.24) is 15.0 Å². The highest BCUT2D eigenvalue weighted by Gasteiger charge is 2.19. The first-order valence-corrected chi connectivity index (χ1v) is 18.8. The SMILES string of the molecule is c1ccc(-c2cc(-c3ccccc3)nc(-c3ccc(-c4nc5cc(-c6cccc7c6oc6ccccc67)ccc5c5sc6ccccc6c45)cc3)n2)cc1. The highest BCUT2D eigenvalue weighted by atomic mass is 32.1. The van der Waals surface area contributed by atoms with Crippen molar-refractivity contribution in [2.45, 2.75) is 0 Å². The number of rotatable bonds is 5. The minimum atomic E-state index is 0.684. The van der Waals surface area contributed by atoms with Gasteiger partial charge in [-0.1, -0.05) is 152 Å². The Labute approximate surface area is 314 Å². The monoisotopic (exact) mass is 707 g/mol. The van der Waals surface area contributed by atoms with E-state index in [1.807, 2.05) is 59.9 Å². The van der Waals surface area contributed by atoms with Gasteiger partial charge in [0.05, 0.1) is 22.6 Å². The Bertz CT molecular complexity index is 3140. The Morgan fingerprint density at radius 1 is 0.426 bits per heavy atom. The Balaban J connectivity index is 1.07. The summed E-state index contributed by atoms with van der Waals surface area (Å²) in [6, 6.07) is 61.2. The van der Waals surface area contributed by atoms with Gasteiger partial charge in [-0.25, -0.2) is 15.0 Å². The zero-order chi connectivity index (χ0) is 35.6. The molecule has 5 heteroatoms. The smallest absolute Gasteiger partial charge is 0.160 e. The molecule has 0 atom stereocenters. The predicted octanol–water partition coefficient (Wildman–Crippen LogP) is 13.6. The summed E-state index contributed by atoms with van der Waals surface area (Å²) in [7, 11) is 0. The van der Waals surface area contributed by atoms with Crippen LogP contribution in [0.2, 0.25) is 0 Å². The van der Waals surface area contributed by atoms with Crippen LogP contribution in [-0.2, 0) is 0 Å². The van der Waals surface area contributed by atoms with E-state index in [4.69, 9.17) is 19.4 Å². The average Bonchev–Trinajstić information content (AvgIpc) is 3.83. The van der Waals surface area contributed by atoms with Gasteiger partial charge in [0, 0.05) is 64.1 Å². The molecule has 11 aromatic rings. The molecule has 0 fully saturated rings. The van der Waals surface area contributed by atoms with Crippen molar-refractivity contribution < 1.29 is 4.42 Å². The van der Waals surface area contributed by atoms with Crippen LogP contribution in [0.15, 0.2) is 180 Å². The van der Waals surface area contributed by atoms with Gasteiger partial charge < -0.3 is 4.42 Å². The molecule has 11 rings (SSSR count). The van der Waals surface area contributed by atoms with Gasteiger partial charge in [-0.3, -0.25) is 0 Å². The van der Waals surface area contributed by atoms with Crippen LogP contribution in [0.3, 0.4) is 0 Å². The molecule has 0 saturated carbocycles. The van der Waals surface area contributed by atoms with Crippen LogP contribution in [0.5, 0.6) is 0 Å². The molecule has 4 nitrogen and oxygen atoms in total. The second-order valence-electron chi connectivity index (χ2n) is 13.5. The summed E-state index contributed by atoms with van der Waals surface area (Å²) in [5.41, 5.74) is 11.7. The molecule has 0 aliphatic rings. The number of thiophene rings is 1. The van der Waals surface area contributed by atoms with Crippen molar-refractivity contribution >= 4 is 64.4 Å². The largest absolute Gasteiger partial charge is 0.455 e. The summed E-state index contributed by atoms with van der Waals surface area (Å²) in [6.45, 7) is 0. The Morgan fingerprint density at radius 2 is 1.06 bits per heavy atom. The van der Waals surface area contributed by atoms with Crippen LogP contribution in [0, 0.1) is 0 Å². The lowest BCUT2D eigenvalue weighted by Crippen LogP contribution is -1.96. The van der Waals surface area contributed by atoms with Crippen LogP contribution in [0.1, 0.15) is 0 Å². The molecule has 0 N–H and O–H groups in total. The zero-order valence-electron chi connectivity index (χ0n) is 28.9. The highest BCUT2D eigenvalue weighted by Crippen LogP contribution is 2.44. The van der Waals surface area contributed by atoms with E-state index in [9.17, 15) is 0 Å². The van der Waals surface area contributed by atoms with Gasteiger partial charge in [0.25, 0.3) is 0 Å². The molecule has 0 bridgehead atoms. The van der Waals surface area contributed by atoms with Crippen LogP contribution in [0.4, 0.5) is 0 Å². The Kier molecular flexibility index (Phi) is 7.00. The number of hydrogen-bond donors (Lipinski definition) is 0. The first-order valence-electron chi connectivity index (χ1n) is 18.0. The van der Waals surface area contributed by atoms with Crippen molar-refractivity contribution in [2.24, 2.45) is 0 Å². The molecule has 54 heavy (non-hydrogen) atoms. The number of benzene rings is 7. The minimum absolute atomic E-state index is 0.684. The molecule has 7 aromatic carbocycles. The van der Waals surface area contributed by atoms with Crippen molar-refractivity contribution in [2.75, 3.05) is 0 Å². The lowest BCUT2D eigenvalue weighted by atomic mass is 9.98. The normalized spacial score (nSPS) is 11.7. The Morgan fingerprint density at radius 3 is 1.81 bits per heavy atom. The van der Waals surface area contributed by atoms with Crippen LogP contribution >= 0.6 is 11.3 Å². The van der Waals surface area contributed by atoms with Gasteiger partial charge >= 0.3 is 0 Å². The molecule has 0 amide bonds. The fourth-order valence-electron chi connectivity index (χ4n) is 7.68. The van der Waals surface area contributed by atoms with E-state index in [2.05, 4.69) is 127 Å². The maximum absolute atomic E-state index is 6.44. The summed E-state index contributed by atoms with van der Waals surface area (Å²) < 4.78 is 8.92. The van der Waals surface area contributed by atoms with E-state index in [1.54, 1.807) is 0 Å². The molecule has 0 aliphatic carbocycles. The second kappa shape index (κ2) is 12.3. The third-order valence-corrected chi connectivity index (χ3v) is 11.5. The predicted molar refractivity (Wildman–Crippen MR) is 225 cm³/mol. The van der Waals surface area contributed by atoms with E-state index in [-0.39, 0.29) is 0 Å². The molecule has 4 heterocycles. The van der Waals surface area contributed by atoms with Crippen molar-refractivity contribution in [1.29, 1.82) is 0 Å². The van der Waals surface area contributed by atoms with Crippen LogP contribution < -0.4 is 0 Å². The number of hydrogen-bond acceptors (Lipinski definition) is 5. The maximum Gasteiger partial charge on any atom is 0.160 e. The summed E-state index contributed by atoms with van der Waals surface area (Å²) in [6.07, 6.45) is 0. The van der Waals surface area contributed by atoms with Gasteiger partial charge in [-0.15, -0.1) is 11.3 Å². The highest BCUT2D eigenvalue weighted by molar-refractivity contribution is 7.26. The van der Waals surface area contributed by atoms with Gasteiger partial charge in [0.1, 0.15) is 11.2 Å². The molecule has 0 aliphatic heterocycles. The second-order valence-corrected chi connectivity index (χ2v) is 14.6. The third kappa shape index (κ3) is 5.01. The van der Waals surface area contributed by atoms with Gasteiger partial charge in [0.2, 0.25) is 0 Å². The van der Waals surface area contributed by atoms with Crippen LogP contribution in [0.25, 0.3) is 109 Å². The van der Waals surface area contributed by atoms with E-state index in [0.717, 1.165) is 83.3 Å². The minimum Gasteiger partial charge on any atom is -0.455 e. The van der Waals surface area contributed by atoms with Crippen molar-refractivity contribution in [3.8, 4) is 56.3 Å². The maximum atomic E-state index is 6.44. The summed E-state index contributed by atoms with van der Waals surface area (Å²) >= 11 is 1.83. The zero-order valence-corrected chi connectivity index (χ0v) is 29.7. The number of furan rings is 1. The molecule has 0 unspecified atom stereocenters. The van der Waals surface area contributed by atoms with Crippen LogP contribution in [-0.4, -0.2) is 15.0 Å². The van der Waals surface area contributed by atoms with E-state index in [0.29, 0.717) is 5.82 Å². The fraction of sp³-hybridized carbons (Fsp3) is 0. The molecular weight excluding hydrogens is 679 g/mol. The first kappa shape index (κ1) is 30.7. The van der Waals surface area contributed by atoms with Gasteiger partial charge in [-0.05, 0) is 29.8 Å². The molecule has 4 aromatic heterocycles. The number of para-hydroxylation sites is 2. The van der Waals surface area contributed by atoms with Crippen molar-refractivity contribution in [3.05, 3.63) is 176 Å². The van der Waals surface area contributed by atoms with E-state index in [1.165, 1.54) is 20.2 Å². The fourth-order valence-corrected chi connectivity index (χ4v) is 8.92. The molecule has 0 saturated heterocycles. The third-order valence-electron chi connectivity index (χ3n) is 10.3. The Hall–Kier alpha value is -6.95. The molecule has 0 radical (unpaired) electrons. The first-order chi connectivity index (χ1) is 26.7. The standard InChI is InChI=1S/C49H29N3OS/c1-3-12-30(13-4-1)40-29-41(31-14-5-2-6-15-31)52-49(51-40)33-24-22-32(23-25-33)46-45-39-17-8-10-21-44(39)54-48(45)38-27-26-34(28-42(38)50-46)35-18-11-19-37-36-16-7-9-20-43(36)53-47(35)37/h1-29H. The van der Waals surface area contributed by atoms with E-state index < -0.39 is 0 Å². The summed E-state index contributed by atoms with van der Waals surface area (Å²) in [4.78, 5) is 15.6. The van der Waals surface area contributed by atoms with Gasteiger partial charge in [-0.2, -0.15) is 0 Å².